The molecule has 4 rings (SSSR count). The molecular weight excluding hydrogens is 362 g/mol. The highest BCUT2D eigenvalue weighted by molar-refractivity contribution is 5.89. The monoisotopic (exact) mass is 387 g/mol. The van der Waals surface area contributed by atoms with Gasteiger partial charge in [0.15, 0.2) is 0 Å². The van der Waals surface area contributed by atoms with Crippen molar-refractivity contribution in [3.05, 3.63) is 78.9 Å². The molecule has 1 fully saturated rings. The average molecular weight is 387 g/mol. The molecule has 29 heavy (non-hydrogen) atoms. The summed E-state index contributed by atoms with van der Waals surface area (Å²) in [6, 6.07) is 26.2. The third kappa shape index (κ3) is 4.51. The zero-order chi connectivity index (χ0) is 20.1. The molecule has 0 radical (unpaired) electrons. The number of nitrogens with one attached hydrogen (secondary N) is 1. The smallest absolute Gasteiger partial charge is 0.321 e. The van der Waals surface area contributed by atoms with Crippen LogP contribution in [0.1, 0.15) is 0 Å². The molecule has 0 unspecified atom stereocenters. The maximum absolute atomic E-state index is 12.6. The Kier molecular flexibility index (Phi) is 5.66. The number of nitrogens with zero attached hydrogens (tertiary/aromatic N) is 2. The van der Waals surface area contributed by atoms with E-state index in [2.05, 4.69) is 28.4 Å². The number of urea groups is 1. The van der Waals surface area contributed by atoms with Crippen molar-refractivity contribution in [1.82, 2.24) is 4.90 Å². The van der Waals surface area contributed by atoms with Gasteiger partial charge in [0.2, 0.25) is 0 Å². The molecule has 1 aliphatic heterocycles. The summed E-state index contributed by atoms with van der Waals surface area (Å²) in [5.41, 5.74) is 4.24. The number of amides is 2. The van der Waals surface area contributed by atoms with Gasteiger partial charge in [0.25, 0.3) is 0 Å². The van der Waals surface area contributed by atoms with E-state index in [0.29, 0.717) is 13.1 Å². The largest absolute Gasteiger partial charge is 0.497 e. The van der Waals surface area contributed by atoms with Gasteiger partial charge in [-0.1, -0.05) is 48.5 Å². The summed E-state index contributed by atoms with van der Waals surface area (Å²) in [5.74, 6) is 0.849. The molecule has 0 saturated carbocycles. The van der Waals surface area contributed by atoms with Gasteiger partial charge < -0.3 is 19.9 Å². The topological polar surface area (TPSA) is 44.8 Å². The Morgan fingerprint density at radius 3 is 2.21 bits per heavy atom. The van der Waals surface area contributed by atoms with E-state index in [-0.39, 0.29) is 6.03 Å². The van der Waals surface area contributed by atoms with E-state index in [1.54, 1.807) is 7.11 Å². The van der Waals surface area contributed by atoms with Crippen molar-refractivity contribution in [2.75, 3.05) is 43.5 Å². The molecule has 1 heterocycles. The van der Waals surface area contributed by atoms with Gasteiger partial charge in [-0.25, -0.2) is 4.79 Å². The van der Waals surface area contributed by atoms with Gasteiger partial charge in [0, 0.05) is 43.6 Å². The molecule has 0 aromatic heterocycles. The number of methoxy groups -OCH3 is 1. The molecule has 1 saturated heterocycles. The zero-order valence-electron chi connectivity index (χ0n) is 16.5. The lowest BCUT2D eigenvalue weighted by Crippen LogP contribution is -2.50. The first-order chi connectivity index (χ1) is 14.2. The van der Waals surface area contributed by atoms with E-state index in [1.165, 1.54) is 5.56 Å². The van der Waals surface area contributed by atoms with Gasteiger partial charge >= 0.3 is 6.03 Å². The number of hydrogen-bond donors (Lipinski definition) is 1. The molecule has 5 nitrogen and oxygen atoms in total. The molecule has 0 spiro atoms. The van der Waals surface area contributed by atoms with Gasteiger partial charge in [-0.2, -0.15) is 0 Å². The number of carbonyl (C=O) groups is 1. The number of hydrogen-bond acceptors (Lipinski definition) is 3. The maximum Gasteiger partial charge on any atom is 0.321 e. The molecule has 148 valence electrons. The third-order valence-corrected chi connectivity index (χ3v) is 5.23. The van der Waals surface area contributed by atoms with Crippen LogP contribution in [0.2, 0.25) is 0 Å². The van der Waals surface area contributed by atoms with E-state index in [1.807, 2.05) is 65.6 Å². The van der Waals surface area contributed by atoms with Crippen molar-refractivity contribution < 1.29 is 9.53 Å². The number of rotatable bonds is 4. The van der Waals surface area contributed by atoms with Crippen LogP contribution in [0, 0.1) is 0 Å². The molecule has 3 aromatic carbocycles. The Hall–Kier alpha value is -3.47. The van der Waals surface area contributed by atoms with Crippen molar-refractivity contribution in [3.8, 4) is 16.9 Å². The first-order valence-corrected chi connectivity index (χ1v) is 9.83. The van der Waals surface area contributed by atoms with Gasteiger partial charge in [0.05, 0.1) is 7.11 Å². The molecule has 2 amide bonds. The van der Waals surface area contributed by atoms with Crippen molar-refractivity contribution in [3.63, 3.8) is 0 Å². The lowest BCUT2D eigenvalue weighted by Gasteiger charge is -2.36. The SMILES string of the molecule is COc1cccc(N2CCN(C(=O)Nc3ccc(-c4ccccc4)cc3)CC2)c1. The van der Waals surface area contributed by atoms with Crippen LogP contribution < -0.4 is 15.0 Å². The molecule has 0 atom stereocenters. The Balaban J connectivity index is 1.33. The van der Waals surface area contributed by atoms with Gasteiger partial charge in [-0.15, -0.1) is 0 Å². The highest BCUT2D eigenvalue weighted by atomic mass is 16.5. The summed E-state index contributed by atoms with van der Waals surface area (Å²) in [7, 11) is 1.67. The van der Waals surface area contributed by atoms with Crippen LogP contribution in [0.3, 0.4) is 0 Å². The third-order valence-electron chi connectivity index (χ3n) is 5.23. The van der Waals surface area contributed by atoms with Crippen molar-refractivity contribution in [2.45, 2.75) is 0 Å². The van der Waals surface area contributed by atoms with Gasteiger partial charge in [-0.3, -0.25) is 0 Å². The van der Waals surface area contributed by atoms with Crippen molar-refractivity contribution in [2.24, 2.45) is 0 Å². The summed E-state index contributed by atoms with van der Waals surface area (Å²) in [4.78, 5) is 16.8. The lowest BCUT2D eigenvalue weighted by molar-refractivity contribution is 0.208. The maximum atomic E-state index is 12.6. The fourth-order valence-electron chi connectivity index (χ4n) is 3.55. The van der Waals surface area contributed by atoms with Crippen LogP contribution in [0.15, 0.2) is 78.9 Å². The fraction of sp³-hybridized carbons (Fsp3) is 0.208. The van der Waals surface area contributed by atoms with Crippen LogP contribution in [-0.2, 0) is 0 Å². The Labute approximate surface area is 171 Å². The molecule has 3 aromatic rings. The number of benzene rings is 3. The predicted molar refractivity (Wildman–Crippen MR) is 118 cm³/mol. The molecule has 5 heteroatoms. The first kappa shape index (κ1) is 18.9. The Bertz CT molecular complexity index is 949. The van der Waals surface area contributed by atoms with Crippen LogP contribution in [0.25, 0.3) is 11.1 Å². The quantitative estimate of drug-likeness (QED) is 0.705. The zero-order valence-corrected chi connectivity index (χ0v) is 16.5. The Morgan fingerprint density at radius 1 is 0.828 bits per heavy atom. The summed E-state index contributed by atoms with van der Waals surface area (Å²) < 4.78 is 5.31. The van der Waals surface area contributed by atoms with E-state index in [0.717, 1.165) is 35.8 Å². The lowest BCUT2D eigenvalue weighted by atomic mass is 10.1. The normalized spacial score (nSPS) is 13.8. The van der Waals surface area contributed by atoms with E-state index in [9.17, 15) is 4.79 Å². The van der Waals surface area contributed by atoms with Crippen LogP contribution in [-0.4, -0.2) is 44.2 Å². The minimum atomic E-state index is -0.0530. The molecule has 1 N–H and O–H groups in total. The molecular formula is C24H25N3O2. The van der Waals surface area contributed by atoms with Gasteiger partial charge in [-0.05, 0) is 35.4 Å². The summed E-state index contributed by atoms with van der Waals surface area (Å²) in [6.45, 7) is 2.97. The second-order valence-electron chi connectivity index (χ2n) is 7.05. The first-order valence-electron chi connectivity index (χ1n) is 9.83. The Morgan fingerprint density at radius 2 is 1.52 bits per heavy atom. The van der Waals surface area contributed by atoms with E-state index < -0.39 is 0 Å². The van der Waals surface area contributed by atoms with E-state index >= 15 is 0 Å². The summed E-state index contributed by atoms with van der Waals surface area (Å²) in [5, 5.41) is 3.01. The minimum absolute atomic E-state index is 0.0530. The molecule has 0 aliphatic carbocycles. The second kappa shape index (κ2) is 8.69. The summed E-state index contributed by atoms with van der Waals surface area (Å²) in [6.07, 6.45) is 0. The fourth-order valence-corrected chi connectivity index (χ4v) is 3.55. The van der Waals surface area contributed by atoms with Crippen molar-refractivity contribution in [1.29, 1.82) is 0 Å². The van der Waals surface area contributed by atoms with Crippen LogP contribution >= 0.6 is 0 Å². The van der Waals surface area contributed by atoms with Crippen molar-refractivity contribution >= 4 is 17.4 Å². The molecule has 0 bridgehead atoms. The average Bonchev–Trinajstić information content (AvgIpc) is 2.80. The number of carbonyl (C=O) groups excluding carboxylic acids is 1. The summed E-state index contributed by atoms with van der Waals surface area (Å²) >= 11 is 0. The molecule has 1 aliphatic rings. The number of piperazine rings is 1. The second-order valence-corrected chi connectivity index (χ2v) is 7.05. The standard InChI is InChI=1S/C24H25N3O2/c1-29-23-9-5-8-22(18-23)26-14-16-27(17-15-26)24(28)25-21-12-10-20(11-13-21)19-6-3-2-4-7-19/h2-13,18H,14-17H2,1H3,(H,25,28). The van der Waals surface area contributed by atoms with Crippen LogP contribution in [0.4, 0.5) is 16.2 Å². The van der Waals surface area contributed by atoms with Crippen LogP contribution in [0.5, 0.6) is 5.75 Å². The van der Waals surface area contributed by atoms with Gasteiger partial charge in [0.1, 0.15) is 5.75 Å². The van der Waals surface area contributed by atoms with E-state index in [4.69, 9.17) is 4.74 Å². The highest BCUT2D eigenvalue weighted by Gasteiger charge is 2.21. The number of anilines is 2. The minimum Gasteiger partial charge on any atom is -0.497 e. The predicted octanol–water partition coefficient (Wildman–Crippen LogP) is 4.72. The highest BCUT2D eigenvalue weighted by Crippen LogP contribution is 2.23. The number of ether oxygens (including phenoxy) is 1.